The highest BCUT2D eigenvalue weighted by Crippen LogP contribution is 2.37. The van der Waals surface area contributed by atoms with Gasteiger partial charge >= 0.3 is 6.18 Å². The van der Waals surface area contributed by atoms with Gasteiger partial charge in [0.25, 0.3) is 0 Å². The predicted molar refractivity (Wildman–Crippen MR) is 100 cm³/mol. The van der Waals surface area contributed by atoms with Gasteiger partial charge in [-0.3, -0.25) is 0 Å². The lowest BCUT2D eigenvalue weighted by molar-refractivity contribution is -0.137. The molecule has 0 unspecified atom stereocenters. The summed E-state index contributed by atoms with van der Waals surface area (Å²) in [5.74, 6) is -1.00. The molecule has 0 aromatic heterocycles. The summed E-state index contributed by atoms with van der Waals surface area (Å²) in [5.41, 5.74) is -2.02. The zero-order valence-electron chi connectivity index (χ0n) is 15.6. The van der Waals surface area contributed by atoms with Gasteiger partial charge in [0.15, 0.2) is 0 Å². The molecule has 0 heterocycles. The Labute approximate surface area is 166 Å². The number of nitrogens with one attached hydrogen (secondary N) is 1. The van der Waals surface area contributed by atoms with Crippen LogP contribution in [0.1, 0.15) is 38.2 Å². The van der Waals surface area contributed by atoms with Crippen LogP contribution >= 0.6 is 0 Å². The van der Waals surface area contributed by atoms with Crippen molar-refractivity contribution >= 4 is 10.0 Å². The maximum atomic E-state index is 13.3. The van der Waals surface area contributed by atoms with Crippen molar-refractivity contribution in [3.8, 4) is 11.1 Å². The van der Waals surface area contributed by atoms with Crippen molar-refractivity contribution < 1.29 is 31.1 Å². The van der Waals surface area contributed by atoms with Crippen molar-refractivity contribution in [3.63, 3.8) is 0 Å². The quantitative estimate of drug-likeness (QED) is 0.702. The van der Waals surface area contributed by atoms with Crippen molar-refractivity contribution in [2.75, 3.05) is 0 Å². The Morgan fingerprint density at radius 3 is 2.21 bits per heavy atom. The summed E-state index contributed by atoms with van der Waals surface area (Å²) in [4.78, 5) is -0.0748. The molecule has 0 bridgehead atoms. The average Bonchev–Trinajstić information content (AvgIpc) is 2.63. The van der Waals surface area contributed by atoms with E-state index in [1.165, 1.54) is 24.3 Å². The minimum Gasteiger partial charge on any atom is -0.390 e. The standard InChI is InChI=1S/C20H21F4NO3S/c1-19(26)10-8-15(9-11-19)25-29(27,28)16-5-2-13(3-6-16)17-7-4-14(21)12-18(17)20(22,23)24/h2-7,12,15,25-26H,8-11H2,1H3/t15-,19-. The molecule has 29 heavy (non-hydrogen) atoms. The van der Waals surface area contributed by atoms with Crippen LogP contribution in [0.25, 0.3) is 11.1 Å². The van der Waals surface area contributed by atoms with Gasteiger partial charge in [0, 0.05) is 6.04 Å². The summed E-state index contributed by atoms with van der Waals surface area (Å²) in [7, 11) is -3.86. The summed E-state index contributed by atoms with van der Waals surface area (Å²) in [6.45, 7) is 1.71. The molecule has 0 radical (unpaired) electrons. The summed E-state index contributed by atoms with van der Waals surface area (Å²) in [6, 6.07) is 7.03. The average molecular weight is 431 g/mol. The van der Waals surface area contributed by atoms with Crippen LogP contribution in [0.15, 0.2) is 47.4 Å². The van der Waals surface area contributed by atoms with E-state index in [1.807, 2.05) is 0 Å². The molecule has 3 rings (SSSR count). The summed E-state index contributed by atoms with van der Waals surface area (Å²) < 4.78 is 80.6. The fourth-order valence-electron chi connectivity index (χ4n) is 3.46. The Morgan fingerprint density at radius 2 is 1.66 bits per heavy atom. The molecule has 0 saturated heterocycles. The van der Waals surface area contributed by atoms with Gasteiger partial charge in [0.05, 0.1) is 16.1 Å². The summed E-state index contributed by atoms with van der Waals surface area (Å²) in [5, 5.41) is 9.96. The van der Waals surface area contributed by atoms with Gasteiger partial charge in [-0.25, -0.2) is 17.5 Å². The van der Waals surface area contributed by atoms with E-state index in [9.17, 15) is 31.1 Å². The third-order valence-corrected chi connectivity index (χ3v) is 6.68. The second-order valence-electron chi connectivity index (χ2n) is 7.60. The SMILES string of the molecule is C[C@]1(O)CC[C@H](NS(=O)(=O)c2ccc(-c3ccc(F)cc3C(F)(F)F)cc2)CC1. The number of alkyl halides is 3. The number of hydrogen-bond donors (Lipinski definition) is 2. The molecular formula is C20H21F4NO3S. The number of rotatable bonds is 4. The van der Waals surface area contributed by atoms with Gasteiger partial charge in [0.1, 0.15) is 5.82 Å². The van der Waals surface area contributed by atoms with Gasteiger partial charge in [0.2, 0.25) is 10.0 Å². The third kappa shape index (κ3) is 5.15. The molecule has 1 fully saturated rings. The Kier molecular flexibility index (Phi) is 5.77. The molecule has 1 aliphatic rings. The first-order valence-electron chi connectivity index (χ1n) is 9.09. The topological polar surface area (TPSA) is 66.4 Å². The molecule has 2 aromatic rings. The van der Waals surface area contributed by atoms with Crippen LogP contribution in [0.4, 0.5) is 17.6 Å². The first-order valence-corrected chi connectivity index (χ1v) is 10.6. The monoisotopic (exact) mass is 431 g/mol. The Morgan fingerprint density at radius 1 is 1.07 bits per heavy atom. The second kappa shape index (κ2) is 7.70. The van der Waals surface area contributed by atoms with Crippen molar-refractivity contribution in [1.82, 2.24) is 4.72 Å². The Hall–Kier alpha value is -1.97. The molecular weight excluding hydrogens is 410 g/mol. The normalized spacial score (nSPS) is 23.2. The fraction of sp³-hybridized carbons (Fsp3) is 0.400. The maximum Gasteiger partial charge on any atom is 0.417 e. The van der Waals surface area contributed by atoms with E-state index in [1.54, 1.807) is 6.92 Å². The zero-order chi connectivity index (χ0) is 21.4. The number of halogens is 4. The van der Waals surface area contributed by atoms with Crippen molar-refractivity contribution in [2.45, 2.75) is 55.3 Å². The van der Waals surface area contributed by atoms with Gasteiger partial charge in [-0.15, -0.1) is 0 Å². The van der Waals surface area contributed by atoms with E-state index in [2.05, 4.69) is 4.72 Å². The second-order valence-corrected chi connectivity index (χ2v) is 9.32. The molecule has 9 heteroatoms. The van der Waals surface area contributed by atoms with E-state index in [0.717, 1.165) is 12.1 Å². The van der Waals surface area contributed by atoms with Crippen LogP contribution in [0.3, 0.4) is 0 Å². The van der Waals surface area contributed by atoms with Crippen LogP contribution in [0.5, 0.6) is 0 Å². The summed E-state index contributed by atoms with van der Waals surface area (Å²) >= 11 is 0. The lowest BCUT2D eigenvalue weighted by Crippen LogP contribution is -2.42. The lowest BCUT2D eigenvalue weighted by Gasteiger charge is -2.33. The van der Waals surface area contributed by atoms with E-state index in [-0.39, 0.29) is 22.1 Å². The van der Waals surface area contributed by atoms with E-state index >= 15 is 0 Å². The van der Waals surface area contributed by atoms with Crippen LogP contribution in [0.2, 0.25) is 0 Å². The van der Waals surface area contributed by atoms with Crippen LogP contribution < -0.4 is 4.72 Å². The van der Waals surface area contributed by atoms with Crippen molar-refractivity contribution in [2.24, 2.45) is 0 Å². The lowest BCUT2D eigenvalue weighted by atomic mass is 9.84. The summed E-state index contributed by atoms with van der Waals surface area (Å²) in [6.07, 6.45) is -2.80. The Bertz CT molecular complexity index is 976. The molecule has 0 atom stereocenters. The zero-order valence-corrected chi connectivity index (χ0v) is 16.4. The van der Waals surface area contributed by atoms with E-state index < -0.39 is 33.2 Å². The number of aliphatic hydroxyl groups is 1. The van der Waals surface area contributed by atoms with E-state index in [0.29, 0.717) is 31.7 Å². The number of benzene rings is 2. The van der Waals surface area contributed by atoms with E-state index in [4.69, 9.17) is 0 Å². The maximum absolute atomic E-state index is 13.3. The Balaban J connectivity index is 1.82. The molecule has 2 aromatic carbocycles. The first kappa shape index (κ1) is 21.7. The first-order chi connectivity index (χ1) is 13.4. The highest BCUT2D eigenvalue weighted by molar-refractivity contribution is 7.89. The van der Waals surface area contributed by atoms with Gasteiger partial charge in [-0.2, -0.15) is 13.2 Å². The number of sulfonamides is 1. The smallest absolute Gasteiger partial charge is 0.390 e. The minimum absolute atomic E-state index is 0.0748. The predicted octanol–water partition coefficient (Wildman–Crippen LogP) is 4.48. The fourth-order valence-corrected chi connectivity index (χ4v) is 4.77. The molecule has 0 aliphatic heterocycles. The molecule has 1 saturated carbocycles. The third-order valence-electron chi connectivity index (χ3n) is 5.15. The van der Waals surface area contributed by atoms with Crippen molar-refractivity contribution in [1.29, 1.82) is 0 Å². The van der Waals surface area contributed by atoms with Gasteiger partial charge in [-0.05, 0) is 68.0 Å². The molecule has 1 aliphatic carbocycles. The molecule has 2 N–H and O–H groups in total. The minimum atomic E-state index is -4.74. The van der Waals surface area contributed by atoms with Gasteiger partial charge in [-0.1, -0.05) is 18.2 Å². The van der Waals surface area contributed by atoms with Crippen molar-refractivity contribution in [3.05, 3.63) is 53.8 Å². The largest absolute Gasteiger partial charge is 0.417 e. The number of hydrogen-bond acceptors (Lipinski definition) is 3. The highest BCUT2D eigenvalue weighted by Gasteiger charge is 2.34. The highest BCUT2D eigenvalue weighted by atomic mass is 32.2. The van der Waals surface area contributed by atoms with Crippen LogP contribution in [-0.2, 0) is 16.2 Å². The van der Waals surface area contributed by atoms with Gasteiger partial charge < -0.3 is 5.11 Å². The molecule has 0 spiro atoms. The molecule has 4 nitrogen and oxygen atoms in total. The van der Waals surface area contributed by atoms with Crippen LogP contribution in [-0.4, -0.2) is 25.2 Å². The molecule has 158 valence electrons. The molecule has 0 amide bonds. The van der Waals surface area contributed by atoms with Crippen LogP contribution in [0, 0.1) is 5.82 Å².